The third kappa shape index (κ3) is 5.21. The van der Waals surface area contributed by atoms with E-state index in [0.717, 1.165) is 55.1 Å². The first-order valence-electron chi connectivity index (χ1n) is 12.9. The van der Waals surface area contributed by atoms with Crippen LogP contribution in [0.15, 0.2) is 12.3 Å². The Hall–Kier alpha value is -2.52. The fraction of sp³-hybridized carbons (Fsp3) is 0.615. The van der Waals surface area contributed by atoms with E-state index in [1.165, 1.54) is 24.2 Å². The molecule has 9 heteroatoms. The van der Waals surface area contributed by atoms with Gasteiger partial charge in [0, 0.05) is 30.4 Å². The molecular formula is C26H35N5O3S. The smallest absolute Gasteiger partial charge is 0.280 e. The first-order valence-corrected chi connectivity index (χ1v) is 13.7. The summed E-state index contributed by atoms with van der Waals surface area (Å²) in [6.45, 7) is 8.07. The molecule has 2 amide bonds. The number of pyridine rings is 1. The first kappa shape index (κ1) is 24.2. The molecule has 0 spiro atoms. The number of hydrogen-bond donors (Lipinski definition) is 2. The molecule has 2 saturated heterocycles. The summed E-state index contributed by atoms with van der Waals surface area (Å²) in [6, 6.07) is 2.65. The average Bonchev–Trinajstić information content (AvgIpc) is 3.57. The lowest BCUT2D eigenvalue weighted by molar-refractivity contribution is -0.00346. The van der Waals surface area contributed by atoms with Gasteiger partial charge >= 0.3 is 0 Å². The van der Waals surface area contributed by atoms with Gasteiger partial charge in [0.2, 0.25) is 0 Å². The SMILES string of the molecule is CC[C@H](Nc1cc(C)c(-c2sc(C(=O)NC3COC3)nc2C(=O)N2CCCC[C@@H]2C)cn1)C1CC1. The largest absolute Gasteiger partial charge is 0.377 e. The van der Waals surface area contributed by atoms with Gasteiger partial charge in [-0.15, -0.1) is 11.3 Å². The minimum Gasteiger partial charge on any atom is -0.377 e. The summed E-state index contributed by atoms with van der Waals surface area (Å²) in [4.78, 5) is 38.5. The van der Waals surface area contributed by atoms with Crippen molar-refractivity contribution in [3.63, 3.8) is 0 Å². The van der Waals surface area contributed by atoms with Crippen molar-refractivity contribution < 1.29 is 14.3 Å². The van der Waals surface area contributed by atoms with Gasteiger partial charge in [-0.25, -0.2) is 9.97 Å². The highest BCUT2D eigenvalue weighted by Gasteiger charge is 2.32. The Morgan fingerprint density at radius 2 is 2.06 bits per heavy atom. The second kappa shape index (κ2) is 10.2. The van der Waals surface area contributed by atoms with Gasteiger partial charge < -0.3 is 20.3 Å². The molecule has 3 fully saturated rings. The maximum Gasteiger partial charge on any atom is 0.280 e. The van der Waals surface area contributed by atoms with Crippen molar-refractivity contribution in [2.24, 2.45) is 5.92 Å². The minimum atomic E-state index is -0.255. The van der Waals surface area contributed by atoms with Crippen molar-refractivity contribution in [1.29, 1.82) is 0 Å². The lowest BCUT2D eigenvalue weighted by atomic mass is 10.0. The molecule has 1 saturated carbocycles. The van der Waals surface area contributed by atoms with E-state index in [1.54, 1.807) is 0 Å². The maximum absolute atomic E-state index is 13.7. The third-order valence-electron chi connectivity index (χ3n) is 7.38. The number of aromatic nitrogens is 2. The van der Waals surface area contributed by atoms with Crippen molar-refractivity contribution >= 4 is 29.0 Å². The van der Waals surface area contributed by atoms with Gasteiger partial charge in [-0.3, -0.25) is 9.59 Å². The number of carbonyl (C=O) groups is 2. The summed E-state index contributed by atoms with van der Waals surface area (Å²) in [5, 5.41) is 6.85. The zero-order chi connectivity index (χ0) is 24.5. The Morgan fingerprint density at radius 1 is 1.26 bits per heavy atom. The molecule has 5 rings (SSSR count). The van der Waals surface area contributed by atoms with Crippen LogP contribution in [0, 0.1) is 12.8 Å². The van der Waals surface area contributed by atoms with Crippen LogP contribution in [0.1, 0.15) is 78.2 Å². The molecule has 1 aliphatic carbocycles. The van der Waals surface area contributed by atoms with Crippen molar-refractivity contribution in [3.05, 3.63) is 28.5 Å². The van der Waals surface area contributed by atoms with Crippen LogP contribution in [0.5, 0.6) is 0 Å². The average molecular weight is 498 g/mol. The zero-order valence-electron chi connectivity index (χ0n) is 20.8. The Morgan fingerprint density at radius 3 is 2.69 bits per heavy atom. The first-order chi connectivity index (χ1) is 16.9. The van der Waals surface area contributed by atoms with Crippen molar-refractivity contribution in [2.45, 2.75) is 77.4 Å². The molecular weight excluding hydrogens is 462 g/mol. The molecule has 0 unspecified atom stereocenters. The topological polar surface area (TPSA) is 96.4 Å². The van der Waals surface area contributed by atoms with Crippen LogP contribution in [0.3, 0.4) is 0 Å². The fourth-order valence-electron chi connectivity index (χ4n) is 4.96. The van der Waals surface area contributed by atoms with E-state index in [2.05, 4.69) is 29.5 Å². The Labute approximate surface area is 210 Å². The number of thiazole rings is 1. The van der Waals surface area contributed by atoms with E-state index in [9.17, 15) is 9.59 Å². The standard InChI is InChI=1S/C26H35N5O3S/c1-4-20(17-8-9-17)29-21-11-15(2)19(12-27-21)23-22(26(33)31-10-6-5-7-16(31)3)30-25(35-23)24(32)28-18-13-34-14-18/h11-12,16-18,20H,4-10,13-14H2,1-3H3,(H,27,29)(H,28,32)/t16-,20-/m0/s1. The summed E-state index contributed by atoms with van der Waals surface area (Å²) in [5.41, 5.74) is 2.22. The molecule has 35 heavy (non-hydrogen) atoms. The molecule has 0 aromatic carbocycles. The number of anilines is 1. The molecule has 8 nitrogen and oxygen atoms in total. The molecule has 2 aromatic rings. The lowest BCUT2D eigenvalue weighted by Gasteiger charge is -2.33. The number of amides is 2. The number of carbonyl (C=O) groups excluding carboxylic acids is 2. The van der Waals surface area contributed by atoms with E-state index in [1.807, 2.05) is 24.1 Å². The van der Waals surface area contributed by atoms with Crippen molar-refractivity contribution in [2.75, 3.05) is 25.1 Å². The lowest BCUT2D eigenvalue weighted by Crippen LogP contribution is -2.48. The van der Waals surface area contributed by atoms with Gasteiger partial charge in [-0.05, 0) is 69.9 Å². The van der Waals surface area contributed by atoms with Gasteiger partial charge in [-0.2, -0.15) is 0 Å². The number of likely N-dealkylation sites (tertiary alicyclic amines) is 1. The predicted molar refractivity (Wildman–Crippen MR) is 137 cm³/mol. The molecule has 2 N–H and O–H groups in total. The second-order valence-corrected chi connectivity index (χ2v) is 11.1. The van der Waals surface area contributed by atoms with E-state index in [4.69, 9.17) is 9.72 Å². The molecule has 0 bridgehead atoms. The van der Waals surface area contributed by atoms with Gasteiger partial charge in [-0.1, -0.05) is 6.92 Å². The normalized spacial score (nSPS) is 21.3. The molecule has 2 aliphatic heterocycles. The van der Waals surface area contributed by atoms with E-state index >= 15 is 0 Å². The number of nitrogens with one attached hydrogen (secondary N) is 2. The molecule has 2 atom stereocenters. The van der Waals surface area contributed by atoms with Crippen molar-refractivity contribution in [3.8, 4) is 10.4 Å². The highest BCUT2D eigenvalue weighted by atomic mass is 32.1. The highest BCUT2D eigenvalue weighted by Crippen LogP contribution is 2.37. The highest BCUT2D eigenvalue weighted by molar-refractivity contribution is 7.17. The maximum atomic E-state index is 13.7. The number of nitrogens with zero attached hydrogens (tertiary/aromatic N) is 3. The number of ether oxygens (including phenoxy) is 1. The van der Waals surface area contributed by atoms with Crippen LogP contribution in [-0.2, 0) is 4.74 Å². The predicted octanol–water partition coefficient (Wildman–Crippen LogP) is 4.26. The Kier molecular flexibility index (Phi) is 7.07. The van der Waals surface area contributed by atoms with Gasteiger partial charge in [0.05, 0.1) is 24.1 Å². The zero-order valence-corrected chi connectivity index (χ0v) is 21.6. The van der Waals surface area contributed by atoms with Gasteiger partial charge in [0.1, 0.15) is 11.5 Å². The van der Waals surface area contributed by atoms with Crippen LogP contribution in [-0.4, -0.2) is 64.6 Å². The molecule has 3 aliphatic rings. The van der Waals surface area contributed by atoms with Crippen LogP contribution in [0.4, 0.5) is 5.82 Å². The number of hydrogen-bond acceptors (Lipinski definition) is 7. The van der Waals surface area contributed by atoms with Gasteiger partial charge in [0.15, 0.2) is 5.01 Å². The molecule has 2 aromatic heterocycles. The van der Waals surface area contributed by atoms with Crippen LogP contribution >= 0.6 is 11.3 Å². The summed E-state index contributed by atoms with van der Waals surface area (Å²) in [6.07, 6.45) is 8.56. The number of piperidine rings is 1. The molecule has 188 valence electrons. The van der Waals surface area contributed by atoms with Crippen LogP contribution < -0.4 is 10.6 Å². The summed E-state index contributed by atoms with van der Waals surface area (Å²) >= 11 is 1.27. The summed E-state index contributed by atoms with van der Waals surface area (Å²) < 4.78 is 5.17. The number of aryl methyl sites for hydroxylation is 1. The fourth-order valence-corrected chi connectivity index (χ4v) is 6.00. The van der Waals surface area contributed by atoms with E-state index in [0.29, 0.717) is 34.8 Å². The summed E-state index contributed by atoms with van der Waals surface area (Å²) in [7, 11) is 0. The third-order valence-corrected chi connectivity index (χ3v) is 8.47. The summed E-state index contributed by atoms with van der Waals surface area (Å²) in [5.74, 6) is 1.24. The second-order valence-electron chi connectivity index (χ2n) is 10.1. The molecule has 0 radical (unpaired) electrons. The minimum absolute atomic E-state index is 0.00265. The van der Waals surface area contributed by atoms with Crippen LogP contribution in [0.2, 0.25) is 0 Å². The van der Waals surface area contributed by atoms with E-state index < -0.39 is 0 Å². The van der Waals surface area contributed by atoms with Crippen molar-refractivity contribution in [1.82, 2.24) is 20.2 Å². The molecule has 4 heterocycles. The van der Waals surface area contributed by atoms with E-state index in [-0.39, 0.29) is 23.9 Å². The Bertz CT molecular complexity index is 1090. The Balaban J connectivity index is 1.46. The van der Waals surface area contributed by atoms with Gasteiger partial charge in [0.25, 0.3) is 11.8 Å². The quantitative estimate of drug-likeness (QED) is 0.566. The van der Waals surface area contributed by atoms with Crippen LogP contribution in [0.25, 0.3) is 10.4 Å². The monoisotopic (exact) mass is 497 g/mol. The number of rotatable bonds is 8.